The summed E-state index contributed by atoms with van der Waals surface area (Å²) in [5.74, 6) is 0. The quantitative estimate of drug-likeness (QED) is 0.668. The van der Waals surface area contributed by atoms with Crippen LogP contribution >= 0.6 is 11.3 Å². The zero-order valence-electron chi connectivity index (χ0n) is 10.7. The second kappa shape index (κ2) is 8.64. The Hall–Kier alpha value is -0.420. The summed E-state index contributed by atoms with van der Waals surface area (Å²) in [6.45, 7) is 5.98. The van der Waals surface area contributed by atoms with Gasteiger partial charge in [0, 0.05) is 24.1 Å². The Morgan fingerprint density at radius 1 is 1.53 bits per heavy atom. The van der Waals surface area contributed by atoms with Crippen LogP contribution in [-0.4, -0.2) is 31.0 Å². The summed E-state index contributed by atoms with van der Waals surface area (Å²) in [7, 11) is 0. The van der Waals surface area contributed by atoms with E-state index in [-0.39, 0.29) is 0 Å². The van der Waals surface area contributed by atoms with E-state index in [1.165, 1.54) is 4.88 Å². The van der Waals surface area contributed by atoms with Gasteiger partial charge in [0.2, 0.25) is 0 Å². The Morgan fingerprint density at radius 2 is 2.35 bits per heavy atom. The molecule has 0 saturated carbocycles. The van der Waals surface area contributed by atoms with Gasteiger partial charge in [0.1, 0.15) is 0 Å². The normalized spacial score (nSPS) is 14.8. The second-order valence-electron chi connectivity index (χ2n) is 4.23. The van der Waals surface area contributed by atoms with Crippen LogP contribution in [0, 0.1) is 0 Å². The van der Waals surface area contributed by atoms with Crippen molar-refractivity contribution in [3.63, 3.8) is 0 Å². The minimum atomic E-state index is -0.422. The molecule has 0 bridgehead atoms. The third-order valence-corrected chi connectivity index (χ3v) is 3.64. The molecule has 2 atom stereocenters. The lowest BCUT2D eigenvalue weighted by Crippen LogP contribution is -2.32. The largest absolute Gasteiger partial charge is 0.389 e. The van der Waals surface area contributed by atoms with Crippen molar-refractivity contribution in [2.45, 2.75) is 38.8 Å². The third-order valence-electron chi connectivity index (χ3n) is 2.58. The number of aliphatic hydroxyl groups excluding tert-OH is 1. The molecule has 0 aliphatic heterocycles. The van der Waals surface area contributed by atoms with Gasteiger partial charge in [0.05, 0.1) is 12.7 Å². The van der Waals surface area contributed by atoms with Crippen molar-refractivity contribution < 1.29 is 9.84 Å². The van der Waals surface area contributed by atoms with Gasteiger partial charge >= 0.3 is 0 Å². The fourth-order valence-corrected chi connectivity index (χ4v) is 2.23. The van der Waals surface area contributed by atoms with E-state index in [1.807, 2.05) is 6.07 Å². The summed E-state index contributed by atoms with van der Waals surface area (Å²) in [4.78, 5) is 1.30. The number of unbranched alkanes of at least 4 members (excludes halogenated alkanes) is 1. The highest BCUT2D eigenvalue weighted by Gasteiger charge is 2.09. The molecule has 1 rings (SSSR count). The zero-order valence-corrected chi connectivity index (χ0v) is 11.5. The average molecular weight is 257 g/mol. The van der Waals surface area contributed by atoms with Crippen molar-refractivity contribution in [1.82, 2.24) is 5.32 Å². The smallest absolute Gasteiger partial charge is 0.0897 e. The number of hydrogen-bond donors (Lipinski definition) is 2. The van der Waals surface area contributed by atoms with Crippen LogP contribution in [0.2, 0.25) is 0 Å². The van der Waals surface area contributed by atoms with Crippen LogP contribution < -0.4 is 5.32 Å². The van der Waals surface area contributed by atoms with Gasteiger partial charge in [0.15, 0.2) is 0 Å². The molecule has 17 heavy (non-hydrogen) atoms. The highest BCUT2D eigenvalue weighted by molar-refractivity contribution is 7.10. The van der Waals surface area contributed by atoms with E-state index in [2.05, 4.69) is 30.6 Å². The van der Waals surface area contributed by atoms with E-state index in [0.717, 1.165) is 19.4 Å². The van der Waals surface area contributed by atoms with Gasteiger partial charge in [-0.3, -0.25) is 0 Å². The second-order valence-corrected chi connectivity index (χ2v) is 5.21. The molecule has 2 unspecified atom stereocenters. The Bertz CT molecular complexity index is 277. The van der Waals surface area contributed by atoms with Gasteiger partial charge in [0.25, 0.3) is 0 Å². The zero-order chi connectivity index (χ0) is 12.5. The minimum absolute atomic E-state index is 0.292. The molecule has 0 aromatic carbocycles. The molecule has 1 aromatic rings. The topological polar surface area (TPSA) is 41.5 Å². The Kier molecular flexibility index (Phi) is 7.44. The number of aliphatic hydroxyl groups is 1. The molecule has 0 radical (unpaired) electrons. The van der Waals surface area contributed by atoms with E-state index in [1.54, 1.807) is 11.3 Å². The van der Waals surface area contributed by atoms with Crippen molar-refractivity contribution in [3.05, 3.63) is 22.4 Å². The lowest BCUT2D eigenvalue weighted by molar-refractivity contribution is 0.0348. The minimum Gasteiger partial charge on any atom is -0.389 e. The predicted octanol–water partition coefficient (Wildman–Crippen LogP) is 2.58. The van der Waals surface area contributed by atoms with Gasteiger partial charge in [-0.05, 0) is 24.8 Å². The van der Waals surface area contributed by atoms with Gasteiger partial charge < -0.3 is 15.2 Å². The molecule has 4 heteroatoms. The van der Waals surface area contributed by atoms with E-state index in [0.29, 0.717) is 19.2 Å². The van der Waals surface area contributed by atoms with Crippen LogP contribution in [0.25, 0.3) is 0 Å². The van der Waals surface area contributed by atoms with Crippen LogP contribution in [0.15, 0.2) is 17.5 Å². The van der Waals surface area contributed by atoms with Gasteiger partial charge in [-0.2, -0.15) is 0 Å². The van der Waals surface area contributed by atoms with Crippen LogP contribution in [0.4, 0.5) is 0 Å². The summed E-state index contributed by atoms with van der Waals surface area (Å²) >= 11 is 1.73. The predicted molar refractivity (Wildman–Crippen MR) is 72.5 cm³/mol. The lowest BCUT2D eigenvalue weighted by Gasteiger charge is -2.16. The van der Waals surface area contributed by atoms with Crippen molar-refractivity contribution in [1.29, 1.82) is 0 Å². The van der Waals surface area contributed by atoms with Crippen LogP contribution in [0.5, 0.6) is 0 Å². The fraction of sp³-hybridized carbons (Fsp3) is 0.692. The first-order valence-electron chi connectivity index (χ1n) is 6.26. The van der Waals surface area contributed by atoms with E-state index >= 15 is 0 Å². The summed E-state index contributed by atoms with van der Waals surface area (Å²) in [5.41, 5.74) is 0. The van der Waals surface area contributed by atoms with E-state index < -0.39 is 6.10 Å². The van der Waals surface area contributed by atoms with E-state index in [4.69, 9.17) is 4.74 Å². The molecule has 0 spiro atoms. The summed E-state index contributed by atoms with van der Waals surface area (Å²) < 4.78 is 5.37. The summed E-state index contributed by atoms with van der Waals surface area (Å²) in [6.07, 6.45) is 1.77. The monoisotopic (exact) mass is 257 g/mol. The summed E-state index contributed by atoms with van der Waals surface area (Å²) in [5, 5.41) is 15.1. The van der Waals surface area contributed by atoms with Crippen molar-refractivity contribution >= 4 is 11.3 Å². The first kappa shape index (κ1) is 14.6. The van der Waals surface area contributed by atoms with Gasteiger partial charge in [-0.1, -0.05) is 19.4 Å². The Morgan fingerprint density at radius 3 is 3.00 bits per heavy atom. The third kappa shape index (κ3) is 6.17. The maximum Gasteiger partial charge on any atom is 0.0897 e. The molecular formula is C13H23NO2S. The van der Waals surface area contributed by atoms with Crippen molar-refractivity contribution in [2.24, 2.45) is 0 Å². The number of hydrogen-bond acceptors (Lipinski definition) is 4. The first-order valence-corrected chi connectivity index (χ1v) is 7.14. The maximum absolute atomic E-state index is 9.71. The summed E-state index contributed by atoms with van der Waals surface area (Å²) in [6, 6.07) is 4.44. The van der Waals surface area contributed by atoms with Crippen LogP contribution in [0.3, 0.4) is 0 Å². The molecule has 0 aliphatic rings. The van der Waals surface area contributed by atoms with Crippen LogP contribution in [-0.2, 0) is 4.74 Å². The highest BCUT2D eigenvalue weighted by atomic mass is 32.1. The standard InChI is InChI=1S/C13H23NO2S/c1-3-4-7-16-10-12(15)9-14-11(2)13-6-5-8-17-13/h5-6,8,11-12,14-15H,3-4,7,9-10H2,1-2H3. The van der Waals surface area contributed by atoms with E-state index in [9.17, 15) is 5.11 Å². The van der Waals surface area contributed by atoms with Crippen LogP contribution in [0.1, 0.15) is 37.6 Å². The molecule has 0 fully saturated rings. The van der Waals surface area contributed by atoms with Gasteiger partial charge in [-0.15, -0.1) is 11.3 Å². The molecule has 98 valence electrons. The molecule has 0 saturated heterocycles. The number of rotatable bonds is 9. The molecule has 0 amide bonds. The average Bonchev–Trinajstić information content (AvgIpc) is 2.85. The van der Waals surface area contributed by atoms with Gasteiger partial charge in [-0.25, -0.2) is 0 Å². The Balaban J connectivity index is 2.09. The fourth-order valence-electron chi connectivity index (χ4n) is 1.48. The molecule has 0 aliphatic carbocycles. The first-order chi connectivity index (χ1) is 8.24. The number of thiophene rings is 1. The Labute approximate surface area is 108 Å². The SMILES string of the molecule is CCCCOCC(O)CNC(C)c1cccs1. The maximum atomic E-state index is 9.71. The number of nitrogens with one attached hydrogen (secondary N) is 1. The molecule has 2 N–H and O–H groups in total. The molecule has 3 nitrogen and oxygen atoms in total. The molecular weight excluding hydrogens is 234 g/mol. The number of ether oxygens (including phenoxy) is 1. The highest BCUT2D eigenvalue weighted by Crippen LogP contribution is 2.17. The molecule has 1 heterocycles. The van der Waals surface area contributed by atoms with Crippen molar-refractivity contribution in [2.75, 3.05) is 19.8 Å². The lowest BCUT2D eigenvalue weighted by atomic mass is 10.2. The van der Waals surface area contributed by atoms with Crippen molar-refractivity contribution in [3.8, 4) is 0 Å². The molecule has 1 aromatic heterocycles.